The molecular formula is C41H46Cl2SiZr. The van der Waals surface area contributed by atoms with Gasteiger partial charge >= 0.3 is 270 Å². The van der Waals surface area contributed by atoms with Crippen LogP contribution in [0.1, 0.15) is 82.2 Å². The molecule has 232 valence electrons. The van der Waals surface area contributed by atoms with Crippen molar-refractivity contribution in [3.63, 3.8) is 0 Å². The third-order valence-corrected chi connectivity index (χ3v) is 29.3. The molecule has 45 heavy (non-hydrogen) atoms. The summed E-state index contributed by atoms with van der Waals surface area (Å²) in [7, 11) is 0. The van der Waals surface area contributed by atoms with Gasteiger partial charge in [0.1, 0.15) is 0 Å². The maximum atomic E-state index is 2.64. The summed E-state index contributed by atoms with van der Waals surface area (Å²) in [6.07, 6.45) is 5.20. The van der Waals surface area contributed by atoms with Crippen LogP contribution in [0.25, 0.3) is 34.4 Å². The van der Waals surface area contributed by atoms with Crippen LogP contribution in [-0.2, 0) is 25.8 Å². The molecule has 0 N–H and O–H groups in total. The fourth-order valence-electron chi connectivity index (χ4n) is 7.51. The number of fused-ring (bicyclic) bond motifs is 2. The molecular weight excluding hydrogens is 683 g/mol. The Hall–Kier alpha value is -1.96. The van der Waals surface area contributed by atoms with Crippen molar-refractivity contribution in [3.8, 4) is 22.3 Å². The summed E-state index contributed by atoms with van der Waals surface area (Å²) >= 11 is -2.19. The number of hydrogen-bond donors (Lipinski definition) is 0. The van der Waals surface area contributed by atoms with E-state index in [4.69, 9.17) is 0 Å². The molecule has 0 saturated heterocycles. The minimum absolute atomic E-state index is 0. The summed E-state index contributed by atoms with van der Waals surface area (Å²) in [5.74, 6) is 0.548. The molecule has 2 aliphatic rings. The maximum absolute atomic E-state index is 2.64. The molecule has 0 radical (unpaired) electrons. The Morgan fingerprint density at radius 2 is 1.29 bits per heavy atom. The van der Waals surface area contributed by atoms with Gasteiger partial charge < -0.3 is 24.8 Å². The van der Waals surface area contributed by atoms with Gasteiger partial charge in [0.25, 0.3) is 0 Å². The third kappa shape index (κ3) is 6.60. The van der Waals surface area contributed by atoms with Crippen molar-refractivity contribution in [1.29, 1.82) is 0 Å². The number of halogens is 2. The standard InChI is InChI=1S/C22H25.C17H15.C2H6Si.2ClH.Zr/c1-15(2)18-13-17-7-6-8-20(21(17)14-18)16-9-11-19(12-10-16)22(3,4)5;1-12-10-16-13(2)8-9-15(17(16)11-12)14-6-4-3-5-7-14;1-3-2;;;/h6-15H,1-5H3;3-11H,1-2H3;1-2H3;2*1H;/q;;;;;+2/p-2. The van der Waals surface area contributed by atoms with Gasteiger partial charge in [0.05, 0.1) is 0 Å². The summed E-state index contributed by atoms with van der Waals surface area (Å²) in [6.45, 7) is 21.9. The summed E-state index contributed by atoms with van der Waals surface area (Å²) < 4.78 is 1.27. The zero-order valence-electron chi connectivity index (χ0n) is 28.2. The smallest absolute Gasteiger partial charge is 1.00 e. The van der Waals surface area contributed by atoms with E-state index in [1.165, 1.54) is 44.5 Å². The minimum Gasteiger partial charge on any atom is -1.00 e. The number of allylic oxidation sites excluding steroid dienone is 2. The number of rotatable bonds is 5. The third-order valence-electron chi connectivity index (χ3n) is 9.73. The van der Waals surface area contributed by atoms with Crippen LogP contribution in [-0.4, -0.2) is 5.43 Å². The van der Waals surface area contributed by atoms with E-state index in [1.54, 1.807) is 22.3 Å². The SMILES string of the molecule is CC1=Cc2c(-c3ccccc3)ccc(C)c2[CH]1[Zr+2]([CH]1C(C(C)C)=Cc2c(-c3ccc(C(C)(C)C)cc3)cccc21)=[Si](C)C.[Cl-].[Cl-]. The molecule has 0 bridgehead atoms. The molecule has 0 heterocycles. The Labute approximate surface area is 292 Å². The molecule has 4 aromatic carbocycles. The Morgan fingerprint density at radius 3 is 1.89 bits per heavy atom. The van der Waals surface area contributed by atoms with Crippen molar-refractivity contribution in [2.75, 3.05) is 0 Å². The van der Waals surface area contributed by atoms with Crippen molar-refractivity contribution in [2.24, 2.45) is 5.92 Å². The van der Waals surface area contributed by atoms with Crippen LogP contribution in [0.3, 0.4) is 0 Å². The monoisotopic (exact) mass is 726 g/mol. The van der Waals surface area contributed by atoms with Crippen LogP contribution in [0.15, 0.2) is 96.1 Å². The molecule has 6 rings (SSSR count). The molecule has 0 spiro atoms. The Morgan fingerprint density at radius 1 is 0.667 bits per heavy atom. The summed E-state index contributed by atoms with van der Waals surface area (Å²) in [6, 6.07) is 32.4. The summed E-state index contributed by atoms with van der Waals surface area (Å²) in [4.78, 5) is 0. The second kappa shape index (κ2) is 14.0. The van der Waals surface area contributed by atoms with Crippen molar-refractivity contribution in [2.45, 2.75) is 74.2 Å². The van der Waals surface area contributed by atoms with E-state index >= 15 is 0 Å². The van der Waals surface area contributed by atoms with Crippen LogP contribution >= 0.6 is 0 Å². The average molecular weight is 729 g/mol. The predicted octanol–water partition coefficient (Wildman–Crippen LogP) is 5.76. The van der Waals surface area contributed by atoms with Crippen molar-refractivity contribution >= 4 is 17.6 Å². The number of hydrogen-bond acceptors (Lipinski definition) is 0. The Kier molecular flexibility index (Phi) is 11.2. The molecule has 0 aliphatic heterocycles. The summed E-state index contributed by atoms with van der Waals surface area (Å²) in [5, 5.41) is 0. The number of aryl methyl sites for hydroxylation is 1. The van der Waals surface area contributed by atoms with Crippen molar-refractivity contribution in [1.82, 2.24) is 0 Å². The molecule has 0 fully saturated rings. The second-order valence-corrected chi connectivity index (χ2v) is 32.1. The Bertz CT molecular complexity index is 1800. The Balaban J connectivity index is 0.00000230. The first-order chi connectivity index (χ1) is 20.5. The van der Waals surface area contributed by atoms with Gasteiger partial charge in [0.15, 0.2) is 0 Å². The van der Waals surface area contributed by atoms with Crippen LogP contribution in [0.2, 0.25) is 13.1 Å². The molecule has 4 aromatic rings. The van der Waals surface area contributed by atoms with Crippen LogP contribution in [0, 0.1) is 12.8 Å². The van der Waals surface area contributed by atoms with Gasteiger partial charge in [-0.05, 0) is 0 Å². The molecule has 0 amide bonds. The molecule has 2 unspecified atom stereocenters. The van der Waals surface area contributed by atoms with Gasteiger partial charge in [0, 0.05) is 0 Å². The topological polar surface area (TPSA) is 0 Å². The molecule has 0 saturated carbocycles. The first kappa shape index (κ1) is 35.9. The van der Waals surface area contributed by atoms with Gasteiger partial charge in [-0.3, -0.25) is 0 Å². The fraction of sp³-hybridized carbons (Fsp3) is 0.317. The van der Waals surface area contributed by atoms with Gasteiger partial charge in [-0.2, -0.15) is 0 Å². The van der Waals surface area contributed by atoms with E-state index in [-0.39, 0.29) is 30.2 Å². The molecule has 2 atom stereocenters. The first-order valence-electron chi connectivity index (χ1n) is 16.0. The van der Waals surface area contributed by atoms with E-state index in [0.29, 0.717) is 13.2 Å². The van der Waals surface area contributed by atoms with Crippen molar-refractivity contribution < 1.29 is 45.2 Å². The molecule has 4 heteroatoms. The van der Waals surface area contributed by atoms with Crippen molar-refractivity contribution in [3.05, 3.63) is 129 Å². The number of benzene rings is 4. The normalized spacial score (nSPS) is 16.5. The predicted molar refractivity (Wildman–Crippen MR) is 187 cm³/mol. The minimum atomic E-state index is -2.19. The van der Waals surface area contributed by atoms with Gasteiger partial charge in [-0.25, -0.2) is 0 Å². The van der Waals surface area contributed by atoms with E-state index < -0.39 is 25.8 Å². The van der Waals surface area contributed by atoms with E-state index in [1.807, 2.05) is 0 Å². The van der Waals surface area contributed by atoms with E-state index in [0.717, 1.165) is 0 Å². The van der Waals surface area contributed by atoms with Gasteiger partial charge in [-0.1, -0.05) is 0 Å². The summed E-state index contributed by atoms with van der Waals surface area (Å²) in [5.41, 5.74) is 17.6. The molecule has 0 aromatic heterocycles. The van der Waals surface area contributed by atoms with Gasteiger partial charge in [0.2, 0.25) is 0 Å². The first-order valence-corrected chi connectivity index (χ1v) is 25.0. The van der Waals surface area contributed by atoms with Gasteiger partial charge in [-0.15, -0.1) is 0 Å². The quantitative estimate of drug-likeness (QED) is 0.230. The van der Waals surface area contributed by atoms with E-state index in [9.17, 15) is 0 Å². The van der Waals surface area contributed by atoms with Crippen LogP contribution in [0.4, 0.5) is 0 Å². The molecule has 0 nitrogen and oxygen atoms in total. The average Bonchev–Trinajstić information content (AvgIpc) is 3.52. The molecule has 2 aliphatic carbocycles. The zero-order valence-corrected chi connectivity index (χ0v) is 33.2. The zero-order chi connectivity index (χ0) is 30.6. The fourth-order valence-corrected chi connectivity index (χ4v) is 28.6. The van der Waals surface area contributed by atoms with Crippen LogP contribution in [0.5, 0.6) is 0 Å². The van der Waals surface area contributed by atoms with E-state index in [2.05, 4.69) is 159 Å². The maximum Gasteiger partial charge on any atom is -1.00 e. The van der Waals surface area contributed by atoms with Crippen LogP contribution < -0.4 is 24.8 Å². The second-order valence-electron chi connectivity index (χ2n) is 14.3. The largest absolute Gasteiger partial charge is 1.00 e.